The molecule has 0 heterocycles. The van der Waals surface area contributed by atoms with Gasteiger partial charge in [0.2, 0.25) is 0 Å². The molecule has 0 aliphatic rings. The Morgan fingerprint density at radius 1 is 0.947 bits per heavy atom. The minimum Gasteiger partial charge on any atom is -0.298 e. The standard InChI is InChI=1S/C17H14O2/c18-13-16-10-5-4-7-14(16)11-6-12-17(19)15-8-2-1-3-9-15/h1-10,12-13H,11H2/b12-6+. The van der Waals surface area contributed by atoms with Gasteiger partial charge >= 0.3 is 0 Å². The Morgan fingerprint density at radius 3 is 2.37 bits per heavy atom. The second-order valence-electron chi connectivity index (χ2n) is 4.15. The highest BCUT2D eigenvalue weighted by Gasteiger charge is 2.00. The summed E-state index contributed by atoms with van der Waals surface area (Å²) in [7, 11) is 0. The maximum absolute atomic E-state index is 11.8. The van der Waals surface area contributed by atoms with Crippen molar-refractivity contribution in [2.45, 2.75) is 6.42 Å². The van der Waals surface area contributed by atoms with Crippen molar-refractivity contribution < 1.29 is 9.59 Å². The van der Waals surface area contributed by atoms with Crippen LogP contribution >= 0.6 is 0 Å². The van der Waals surface area contributed by atoms with Crippen LogP contribution in [0.1, 0.15) is 26.3 Å². The molecular weight excluding hydrogens is 236 g/mol. The number of benzene rings is 2. The summed E-state index contributed by atoms with van der Waals surface area (Å²) in [5.74, 6) is -0.0239. The predicted octanol–water partition coefficient (Wildman–Crippen LogP) is 3.48. The normalized spacial score (nSPS) is 10.5. The summed E-state index contributed by atoms with van der Waals surface area (Å²) in [5.41, 5.74) is 2.26. The topological polar surface area (TPSA) is 34.1 Å². The number of aldehydes is 1. The van der Waals surface area contributed by atoms with Crippen LogP contribution in [0.4, 0.5) is 0 Å². The molecule has 0 amide bonds. The predicted molar refractivity (Wildman–Crippen MR) is 75.4 cm³/mol. The Labute approximate surface area is 112 Å². The Kier molecular flexibility index (Phi) is 4.40. The van der Waals surface area contributed by atoms with E-state index in [-0.39, 0.29) is 5.78 Å². The van der Waals surface area contributed by atoms with Gasteiger partial charge in [-0.05, 0) is 18.1 Å². The smallest absolute Gasteiger partial charge is 0.185 e. The Balaban J connectivity index is 2.04. The summed E-state index contributed by atoms with van der Waals surface area (Å²) in [4.78, 5) is 22.7. The van der Waals surface area contributed by atoms with E-state index in [4.69, 9.17) is 0 Å². The fourth-order valence-electron chi connectivity index (χ4n) is 1.83. The lowest BCUT2D eigenvalue weighted by Crippen LogP contribution is -1.94. The SMILES string of the molecule is O=Cc1ccccc1C/C=C/C(=O)c1ccccc1. The van der Waals surface area contributed by atoms with Crippen molar-refractivity contribution in [2.75, 3.05) is 0 Å². The number of carbonyl (C=O) groups excluding carboxylic acids is 2. The summed E-state index contributed by atoms with van der Waals surface area (Å²) in [6, 6.07) is 16.5. The van der Waals surface area contributed by atoms with Crippen molar-refractivity contribution >= 4 is 12.1 Å². The first-order chi connectivity index (χ1) is 9.31. The fraction of sp³-hybridized carbons (Fsp3) is 0.0588. The summed E-state index contributed by atoms with van der Waals surface area (Å²) < 4.78 is 0. The first-order valence-corrected chi connectivity index (χ1v) is 6.10. The molecule has 0 unspecified atom stereocenters. The van der Waals surface area contributed by atoms with Gasteiger partial charge in [-0.2, -0.15) is 0 Å². The van der Waals surface area contributed by atoms with Crippen LogP contribution in [0.3, 0.4) is 0 Å². The van der Waals surface area contributed by atoms with Crippen molar-refractivity contribution in [2.24, 2.45) is 0 Å². The van der Waals surface area contributed by atoms with Crippen molar-refractivity contribution in [1.29, 1.82) is 0 Å². The second kappa shape index (κ2) is 6.45. The largest absolute Gasteiger partial charge is 0.298 e. The number of rotatable bonds is 5. The highest BCUT2D eigenvalue weighted by Crippen LogP contribution is 2.08. The number of hydrogen-bond donors (Lipinski definition) is 0. The van der Waals surface area contributed by atoms with E-state index >= 15 is 0 Å². The van der Waals surface area contributed by atoms with Crippen LogP contribution in [0.15, 0.2) is 66.7 Å². The second-order valence-corrected chi connectivity index (χ2v) is 4.15. The highest BCUT2D eigenvalue weighted by atomic mass is 16.1. The molecule has 0 aliphatic heterocycles. The van der Waals surface area contributed by atoms with Gasteiger partial charge in [-0.3, -0.25) is 9.59 Å². The molecule has 0 radical (unpaired) electrons. The summed E-state index contributed by atoms with van der Waals surface area (Å²) in [5, 5.41) is 0. The van der Waals surface area contributed by atoms with Crippen LogP contribution in [0.25, 0.3) is 0 Å². The quantitative estimate of drug-likeness (QED) is 0.462. The van der Waals surface area contributed by atoms with Gasteiger partial charge in [-0.1, -0.05) is 60.7 Å². The molecule has 2 rings (SSSR count). The molecule has 2 aromatic rings. The molecule has 0 N–H and O–H groups in total. The minimum atomic E-state index is -0.0239. The van der Waals surface area contributed by atoms with Crippen LogP contribution in [0.2, 0.25) is 0 Å². The molecule has 0 aliphatic carbocycles. The van der Waals surface area contributed by atoms with E-state index in [1.165, 1.54) is 0 Å². The number of allylic oxidation sites excluding steroid dienone is 2. The summed E-state index contributed by atoms with van der Waals surface area (Å²) >= 11 is 0. The third-order valence-corrected chi connectivity index (χ3v) is 2.85. The van der Waals surface area contributed by atoms with Crippen molar-refractivity contribution in [1.82, 2.24) is 0 Å². The average Bonchev–Trinajstić information content (AvgIpc) is 2.48. The lowest BCUT2D eigenvalue weighted by molar-refractivity contribution is 0.104. The van der Waals surface area contributed by atoms with E-state index in [9.17, 15) is 9.59 Å². The third-order valence-electron chi connectivity index (χ3n) is 2.85. The molecule has 0 saturated carbocycles. The van der Waals surface area contributed by atoms with Gasteiger partial charge in [0, 0.05) is 11.1 Å². The minimum absolute atomic E-state index is 0.0239. The molecule has 94 valence electrons. The van der Waals surface area contributed by atoms with Crippen LogP contribution in [0.5, 0.6) is 0 Å². The van der Waals surface area contributed by atoms with Gasteiger partial charge in [0.15, 0.2) is 5.78 Å². The van der Waals surface area contributed by atoms with E-state index in [0.717, 1.165) is 11.8 Å². The molecule has 0 bridgehead atoms. The van der Waals surface area contributed by atoms with E-state index in [0.29, 0.717) is 17.5 Å². The zero-order valence-corrected chi connectivity index (χ0v) is 10.5. The Morgan fingerprint density at radius 2 is 1.63 bits per heavy atom. The highest BCUT2D eigenvalue weighted by molar-refractivity contribution is 6.04. The maximum Gasteiger partial charge on any atom is 0.185 e. The van der Waals surface area contributed by atoms with Crippen LogP contribution < -0.4 is 0 Å². The molecule has 0 saturated heterocycles. The van der Waals surface area contributed by atoms with Crippen LogP contribution in [-0.4, -0.2) is 12.1 Å². The lowest BCUT2D eigenvalue weighted by atomic mass is 10.0. The van der Waals surface area contributed by atoms with Gasteiger partial charge < -0.3 is 0 Å². The van der Waals surface area contributed by atoms with Crippen molar-refractivity contribution in [3.8, 4) is 0 Å². The maximum atomic E-state index is 11.8. The molecule has 2 heteroatoms. The first-order valence-electron chi connectivity index (χ1n) is 6.10. The number of carbonyl (C=O) groups is 2. The molecule has 2 nitrogen and oxygen atoms in total. The van der Waals surface area contributed by atoms with E-state index in [1.54, 1.807) is 30.4 Å². The van der Waals surface area contributed by atoms with Gasteiger partial charge in [0.1, 0.15) is 6.29 Å². The monoisotopic (exact) mass is 250 g/mol. The molecule has 0 atom stereocenters. The van der Waals surface area contributed by atoms with E-state index in [2.05, 4.69) is 0 Å². The summed E-state index contributed by atoms with van der Waals surface area (Å²) in [6.07, 6.45) is 4.75. The molecule has 0 spiro atoms. The number of ketones is 1. The van der Waals surface area contributed by atoms with E-state index < -0.39 is 0 Å². The zero-order chi connectivity index (χ0) is 13.5. The van der Waals surface area contributed by atoms with Crippen molar-refractivity contribution in [3.63, 3.8) is 0 Å². The molecule has 2 aromatic carbocycles. The van der Waals surface area contributed by atoms with Gasteiger partial charge in [-0.15, -0.1) is 0 Å². The zero-order valence-electron chi connectivity index (χ0n) is 10.5. The first kappa shape index (κ1) is 13.0. The molecule has 19 heavy (non-hydrogen) atoms. The Hall–Kier alpha value is -2.48. The Bertz CT molecular complexity index is 598. The van der Waals surface area contributed by atoms with E-state index in [1.807, 2.05) is 36.4 Å². The number of hydrogen-bond acceptors (Lipinski definition) is 2. The van der Waals surface area contributed by atoms with Crippen LogP contribution in [0, 0.1) is 0 Å². The fourth-order valence-corrected chi connectivity index (χ4v) is 1.83. The van der Waals surface area contributed by atoms with Gasteiger partial charge in [0.05, 0.1) is 0 Å². The molecule has 0 fully saturated rings. The average molecular weight is 250 g/mol. The molecule has 0 aromatic heterocycles. The van der Waals surface area contributed by atoms with Crippen LogP contribution in [-0.2, 0) is 6.42 Å². The lowest BCUT2D eigenvalue weighted by Gasteiger charge is -2.00. The third kappa shape index (κ3) is 3.49. The van der Waals surface area contributed by atoms with Gasteiger partial charge in [0.25, 0.3) is 0 Å². The van der Waals surface area contributed by atoms with Crippen molar-refractivity contribution in [3.05, 3.63) is 83.4 Å². The molecular formula is C17H14O2. The summed E-state index contributed by atoms with van der Waals surface area (Å²) in [6.45, 7) is 0. The van der Waals surface area contributed by atoms with Gasteiger partial charge in [-0.25, -0.2) is 0 Å².